The topological polar surface area (TPSA) is 3.24 Å². The van der Waals surface area contributed by atoms with Crippen LogP contribution in [0.1, 0.15) is 99.9 Å². The summed E-state index contributed by atoms with van der Waals surface area (Å²) in [6.07, 6.45) is 0. The molecule has 2 aliphatic carbocycles. The number of nitrogens with zero attached hydrogens (tertiary/aromatic N) is 1. The molecule has 2 heterocycles. The SMILES string of the molecule is CC(C)(C)c1ccc2c(c1)C1(c3ccccc3Sc3ccc(N(c4ccc5c(c4)C(C)(C)c4ccccc4-5)c4cccc5sc6ccccc6c45)cc31)c1cc(C(C)(C)C)ccc1-2. The molecular weight excluding hydrogens is 799 g/mol. The van der Waals surface area contributed by atoms with Gasteiger partial charge in [0, 0.05) is 46.8 Å². The van der Waals surface area contributed by atoms with Gasteiger partial charge in [0.2, 0.25) is 0 Å². The fourth-order valence-corrected chi connectivity index (χ4v) is 13.5. The lowest BCUT2D eigenvalue weighted by molar-refractivity contribution is 0.585. The number of hydrogen-bond donors (Lipinski definition) is 0. The lowest BCUT2D eigenvalue weighted by Crippen LogP contribution is -2.33. The van der Waals surface area contributed by atoms with Crippen LogP contribution in [-0.2, 0) is 21.7 Å². The van der Waals surface area contributed by atoms with Crippen molar-refractivity contribution >= 4 is 60.3 Å². The summed E-state index contributed by atoms with van der Waals surface area (Å²) < 4.78 is 2.61. The number of hydrogen-bond acceptors (Lipinski definition) is 3. The van der Waals surface area contributed by atoms with E-state index in [2.05, 4.69) is 224 Å². The summed E-state index contributed by atoms with van der Waals surface area (Å²) in [6, 6.07) is 63.4. The monoisotopic (exact) mass is 849 g/mol. The molecule has 0 fully saturated rings. The molecule has 0 amide bonds. The van der Waals surface area contributed by atoms with Gasteiger partial charge in [-0.15, -0.1) is 11.3 Å². The second-order valence-corrected chi connectivity index (χ2v) is 22.7. The van der Waals surface area contributed by atoms with Crippen LogP contribution in [0.4, 0.5) is 17.1 Å². The maximum atomic E-state index is 2.58. The Bertz CT molecular complexity index is 3320. The van der Waals surface area contributed by atoms with Gasteiger partial charge in [0.15, 0.2) is 0 Å². The molecule has 12 rings (SSSR count). The highest BCUT2D eigenvalue weighted by Crippen LogP contribution is 2.64. The van der Waals surface area contributed by atoms with E-state index in [4.69, 9.17) is 0 Å². The Morgan fingerprint density at radius 2 is 0.968 bits per heavy atom. The van der Waals surface area contributed by atoms with E-state index in [0.717, 1.165) is 5.69 Å². The lowest BCUT2D eigenvalue weighted by atomic mass is 9.66. The number of thiophene rings is 1. The molecule has 0 saturated heterocycles. The Kier molecular flexibility index (Phi) is 8.20. The van der Waals surface area contributed by atoms with E-state index < -0.39 is 5.41 Å². The second kappa shape index (κ2) is 13.3. The predicted octanol–water partition coefficient (Wildman–Crippen LogP) is 17.3. The van der Waals surface area contributed by atoms with Gasteiger partial charge in [0.1, 0.15) is 0 Å². The summed E-state index contributed by atoms with van der Waals surface area (Å²) in [5.41, 5.74) is 19.1. The van der Waals surface area contributed by atoms with Crippen molar-refractivity contribution in [2.24, 2.45) is 0 Å². The molecule has 0 N–H and O–H groups in total. The Balaban J connectivity index is 1.18. The molecule has 308 valence electrons. The molecular formula is C60H51NS2. The van der Waals surface area contributed by atoms with Crippen molar-refractivity contribution < 1.29 is 0 Å². The summed E-state index contributed by atoms with van der Waals surface area (Å²) in [4.78, 5) is 5.21. The normalized spacial score (nSPS) is 15.2. The zero-order valence-corrected chi connectivity index (χ0v) is 39.0. The van der Waals surface area contributed by atoms with E-state index in [1.54, 1.807) is 0 Å². The number of fused-ring (bicyclic) bond motifs is 15. The van der Waals surface area contributed by atoms with Crippen molar-refractivity contribution in [3.63, 3.8) is 0 Å². The first-order chi connectivity index (χ1) is 30.2. The van der Waals surface area contributed by atoms with Crippen LogP contribution in [-0.4, -0.2) is 0 Å². The van der Waals surface area contributed by atoms with Gasteiger partial charge in [-0.3, -0.25) is 0 Å². The Morgan fingerprint density at radius 1 is 0.429 bits per heavy atom. The van der Waals surface area contributed by atoms with E-state index in [1.165, 1.54) is 108 Å². The van der Waals surface area contributed by atoms with E-state index in [-0.39, 0.29) is 16.2 Å². The Hall–Kier alpha value is -5.87. The van der Waals surface area contributed by atoms with Crippen molar-refractivity contribution in [3.05, 3.63) is 208 Å². The molecule has 1 aliphatic heterocycles. The zero-order chi connectivity index (χ0) is 43.2. The molecule has 1 spiro atoms. The highest BCUT2D eigenvalue weighted by Gasteiger charge is 2.51. The van der Waals surface area contributed by atoms with Crippen LogP contribution in [0.2, 0.25) is 0 Å². The molecule has 3 aliphatic rings. The van der Waals surface area contributed by atoms with Crippen LogP contribution in [0.5, 0.6) is 0 Å². The number of rotatable bonds is 3. The molecule has 0 saturated carbocycles. The summed E-state index contributed by atoms with van der Waals surface area (Å²) in [5, 5.41) is 2.60. The van der Waals surface area contributed by atoms with Crippen molar-refractivity contribution in [2.75, 3.05) is 4.90 Å². The maximum absolute atomic E-state index is 2.58. The van der Waals surface area contributed by atoms with Crippen LogP contribution in [0.15, 0.2) is 174 Å². The van der Waals surface area contributed by atoms with Gasteiger partial charge in [-0.05, 0) is 132 Å². The zero-order valence-electron chi connectivity index (χ0n) is 37.4. The first-order valence-corrected chi connectivity index (χ1v) is 24.0. The van der Waals surface area contributed by atoms with Crippen LogP contribution < -0.4 is 4.90 Å². The molecule has 0 bridgehead atoms. The van der Waals surface area contributed by atoms with Crippen molar-refractivity contribution in [3.8, 4) is 22.3 Å². The fourth-order valence-electron chi connectivity index (χ4n) is 11.2. The highest BCUT2D eigenvalue weighted by atomic mass is 32.2. The molecule has 1 nitrogen and oxygen atoms in total. The summed E-state index contributed by atoms with van der Waals surface area (Å²) in [6.45, 7) is 18.9. The molecule has 8 aromatic carbocycles. The van der Waals surface area contributed by atoms with Gasteiger partial charge in [0.05, 0.1) is 11.1 Å². The van der Waals surface area contributed by atoms with Gasteiger partial charge in [-0.1, -0.05) is 176 Å². The predicted molar refractivity (Wildman–Crippen MR) is 270 cm³/mol. The summed E-state index contributed by atoms with van der Waals surface area (Å²) >= 11 is 3.81. The van der Waals surface area contributed by atoms with E-state index in [0.29, 0.717) is 0 Å². The van der Waals surface area contributed by atoms with E-state index in [9.17, 15) is 0 Å². The maximum Gasteiger partial charge on any atom is 0.0736 e. The minimum atomic E-state index is -0.533. The number of anilines is 3. The van der Waals surface area contributed by atoms with Crippen molar-refractivity contribution in [1.82, 2.24) is 0 Å². The van der Waals surface area contributed by atoms with E-state index >= 15 is 0 Å². The third kappa shape index (κ3) is 5.49. The van der Waals surface area contributed by atoms with E-state index in [1.807, 2.05) is 23.1 Å². The average molecular weight is 850 g/mol. The Morgan fingerprint density at radius 3 is 1.68 bits per heavy atom. The van der Waals surface area contributed by atoms with Crippen LogP contribution in [0.3, 0.4) is 0 Å². The molecule has 1 aromatic heterocycles. The molecule has 0 unspecified atom stereocenters. The summed E-state index contributed by atoms with van der Waals surface area (Å²) in [7, 11) is 0. The minimum absolute atomic E-state index is 0.0189. The standard InChI is InChI=1S/C60H51NS2/c1-57(2,3)36-24-28-42-43-29-25-37(58(4,5)6)33-49(43)60(48(42)32-36)46-19-12-14-22-53(46)63-54-31-27-39(35-50(54)60)61(51-20-15-23-55-56(51)44-17-10-13-21-52(44)62-55)38-26-30-41-40-16-9-11-18-45(40)59(7,8)47(41)34-38/h9-35H,1-8H3. The number of benzene rings is 8. The summed E-state index contributed by atoms with van der Waals surface area (Å²) in [5.74, 6) is 0. The molecule has 9 aromatic rings. The van der Waals surface area contributed by atoms with Crippen LogP contribution in [0.25, 0.3) is 42.4 Å². The molecule has 63 heavy (non-hydrogen) atoms. The molecule has 3 heteroatoms. The van der Waals surface area contributed by atoms with Crippen LogP contribution in [0, 0.1) is 0 Å². The smallest absolute Gasteiger partial charge is 0.0736 e. The quantitative estimate of drug-likeness (QED) is 0.174. The largest absolute Gasteiger partial charge is 0.310 e. The van der Waals surface area contributed by atoms with Gasteiger partial charge >= 0.3 is 0 Å². The van der Waals surface area contributed by atoms with Gasteiger partial charge in [-0.2, -0.15) is 0 Å². The molecule has 0 radical (unpaired) electrons. The second-order valence-electron chi connectivity index (χ2n) is 20.5. The van der Waals surface area contributed by atoms with Crippen molar-refractivity contribution in [2.45, 2.75) is 86.8 Å². The van der Waals surface area contributed by atoms with Gasteiger partial charge in [0.25, 0.3) is 0 Å². The van der Waals surface area contributed by atoms with Crippen molar-refractivity contribution in [1.29, 1.82) is 0 Å². The third-order valence-electron chi connectivity index (χ3n) is 14.5. The lowest BCUT2D eigenvalue weighted by Gasteiger charge is -2.41. The first-order valence-electron chi connectivity index (χ1n) is 22.4. The fraction of sp³-hybridized carbons (Fsp3) is 0.200. The van der Waals surface area contributed by atoms with Gasteiger partial charge < -0.3 is 4.90 Å². The third-order valence-corrected chi connectivity index (χ3v) is 16.7. The molecule has 0 atom stereocenters. The van der Waals surface area contributed by atoms with Gasteiger partial charge in [-0.25, -0.2) is 0 Å². The Labute approximate surface area is 380 Å². The minimum Gasteiger partial charge on any atom is -0.310 e. The first kappa shape index (κ1) is 38.8. The highest BCUT2D eigenvalue weighted by molar-refractivity contribution is 7.99. The van der Waals surface area contributed by atoms with Crippen LogP contribution >= 0.6 is 23.1 Å². The average Bonchev–Trinajstić information content (AvgIpc) is 3.87.